The highest BCUT2D eigenvalue weighted by atomic mass is 32.1. The molecule has 42 heavy (non-hydrogen) atoms. The molecule has 218 valence electrons. The van der Waals surface area contributed by atoms with Gasteiger partial charge in [-0.15, -0.1) is 0 Å². The minimum absolute atomic E-state index is 0.197. The molecular weight excluding hydrogens is 546 g/mol. The van der Waals surface area contributed by atoms with Crippen LogP contribution in [0.3, 0.4) is 0 Å². The predicted molar refractivity (Wildman–Crippen MR) is 167 cm³/mol. The van der Waals surface area contributed by atoms with Gasteiger partial charge in [-0.05, 0) is 102 Å². The molecule has 1 atom stereocenters. The number of rotatable bonds is 7. The number of hydrogen-bond acceptors (Lipinski definition) is 6. The smallest absolute Gasteiger partial charge is 0.338 e. The van der Waals surface area contributed by atoms with Crippen molar-refractivity contribution in [1.82, 2.24) is 9.13 Å². The van der Waals surface area contributed by atoms with Gasteiger partial charge in [-0.2, -0.15) is 0 Å². The molecule has 0 bridgehead atoms. The quantitative estimate of drug-likeness (QED) is 0.265. The third-order valence-electron chi connectivity index (χ3n) is 7.51. The van der Waals surface area contributed by atoms with Crippen LogP contribution in [0.25, 0.3) is 11.8 Å². The molecule has 0 saturated heterocycles. The van der Waals surface area contributed by atoms with Crippen molar-refractivity contribution in [2.75, 3.05) is 6.61 Å². The maximum atomic E-state index is 14.1. The molecule has 0 N–H and O–H groups in total. The number of benzene rings is 2. The van der Waals surface area contributed by atoms with Crippen LogP contribution in [0.1, 0.15) is 67.4 Å². The minimum Gasteiger partial charge on any atom is -0.494 e. The number of para-hydroxylation sites is 1. The number of ether oxygens (including phenoxy) is 2. The second-order valence-electron chi connectivity index (χ2n) is 10.9. The van der Waals surface area contributed by atoms with E-state index in [4.69, 9.17) is 14.5 Å². The van der Waals surface area contributed by atoms with E-state index in [1.54, 1.807) is 11.5 Å². The van der Waals surface area contributed by atoms with Gasteiger partial charge in [0.15, 0.2) is 4.80 Å². The summed E-state index contributed by atoms with van der Waals surface area (Å²) >= 11 is 1.33. The van der Waals surface area contributed by atoms with E-state index in [0.29, 0.717) is 27.2 Å². The van der Waals surface area contributed by atoms with Crippen LogP contribution in [0.15, 0.2) is 69.6 Å². The standard InChI is InChI=1S/C34H37N3O4S/c1-9-40-27-15-13-25(14-16-27)31-29(33(39)41-19(2)3)23(7)35-34-37(31)32(38)28(42-34)18-26-17-22(6)36(24(26)8)30-20(4)11-10-12-21(30)5/h10-19,31H,9H2,1-8H3/b28-18+/t31-/m0/s1. The molecule has 0 saturated carbocycles. The summed E-state index contributed by atoms with van der Waals surface area (Å²) in [5.74, 6) is 0.247. The molecule has 0 spiro atoms. The van der Waals surface area contributed by atoms with E-state index in [-0.39, 0.29) is 11.7 Å². The predicted octanol–water partition coefficient (Wildman–Crippen LogP) is 5.61. The van der Waals surface area contributed by atoms with Crippen molar-refractivity contribution in [2.24, 2.45) is 4.99 Å². The number of carbonyl (C=O) groups excluding carboxylic acids is 1. The summed E-state index contributed by atoms with van der Waals surface area (Å²) in [7, 11) is 0. The Morgan fingerprint density at radius 3 is 2.33 bits per heavy atom. The van der Waals surface area contributed by atoms with Crippen molar-refractivity contribution in [3.05, 3.63) is 113 Å². The number of allylic oxidation sites excluding steroid dienone is 1. The molecule has 0 radical (unpaired) electrons. The molecule has 7 nitrogen and oxygen atoms in total. The van der Waals surface area contributed by atoms with Gasteiger partial charge in [0.05, 0.1) is 40.2 Å². The van der Waals surface area contributed by atoms with Crippen LogP contribution in [0.2, 0.25) is 0 Å². The summed E-state index contributed by atoms with van der Waals surface area (Å²) < 4.78 is 15.7. The Hall–Kier alpha value is -4.17. The molecule has 1 aliphatic heterocycles. The molecule has 0 unspecified atom stereocenters. The van der Waals surface area contributed by atoms with E-state index in [2.05, 4.69) is 56.5 Å². The first-order valence-electron chi connectivity index (χ1n) is 14.2. The van der Waals surface area contributed by atoms with Crippen molar-refractivity contribution in [2.45, 2.75) is 67.5 Å². The van der Waals surface area contributed by atoms with E-state index in [9.17, 15) is 9.59 Å². The van der Waals surface area contributed by atoms with Gasteiger partial charge in [-0.3, -0.25) is 9.36 Å². The average molecular weight is 584 g/mol. The van der Waals surface area contributed by atoms with Crippen LogP contribution in [-0.2, 0) is 9.53 Å². The lowest BCUT2D eigenvalue weighted by Gasteiger charge is -2.25. The van der Waals surface area contributed by atoms with Crippen LogP contribution in [-0.4, -0.2) is 27.8 Å². The summed E-state index contributed by atoms with van der Waals surface area (Å²) in [4.78, 5) is 32.8. The number of aryl methyl sites for hydroxylation is 3. The highest BCUT2D eigenvalue weighted by Gasteiger charge is 2.34. The molecule has 4 aromatic rings. The Balaban J connectivity index is 1.69. The molecule has 0 aliphatic carbocycles. The van der Waals surface area contributed by atoms with Crippen LogP contribution in [0.5, 0.6) is 5.75 Å². The van der Waals surface area contributed by atoms with E-state index in [1.165, 1.54) is 22.5 Å². The maximum absolute atomic E-state index is 14.1. The monoisotopic (exact) mass is 583 g/mol. The third-order valence-corrected chi connectivity index (χ3v) is 8.49. The second kappa shape index (κ2) is 11.6. The van der Waals surface area contributed by atoms with Crippen LogP contribution >= 0.6 is 11.3 Å². The largest absolute Gasteiger partial charge is 0.494 e. The highest BCUT2D eigenvalue weighted by Crippen LogP contribution is 2.32. The Morgan fingerprint density at radius 2 is 1.71 bits per heavy atom. The van der Waals surface area contributed by atoms with Crippen molar-refractivity contribution >= 4 is 23.4 Å². The zero-order valence-corrected chi connectivity index (χ0v) is 26.3. The number of fused-ring (bicyclic) bond motifs is 1. The Labute approximate surface area is 250 Å². The SMILES string of the molecule is CCOc1ccc([C@H]2C(C(=O)OC(C)C)=C(C)N=c3s/c(=C/c4cc(C)n(-c5c(C)cccc5C)c4C)c(=O)n32)cc1. The highest BCUT2D eigenvalue weighted by molar-refractivity contribution is 7.07. The van der Waals surface area contributed by atoms with Gasteiger partial charge in [-0.1, -0.05) is 41.7 Å². The van der Waals surface area contributed by atoms with Crippen molar-refractivity contribution < 1.29 is 14.3 Å². The topological polar surface area (TPSA) is 74.8 Å². The summed E-state index contributed by atoms with van der Waals surface area (Å²) in [5, 5.41) is 0. The molecule has 8 heteroatoms. The lowest BCUT2D eigenvalue weighted by Crippen LogP contribution is -2.40. The third kappa shape index (κ3) is 5.27. The lowest BCUT2D eigenvalue weighted by atomic mass is 9.96. The van der Waals surface area contributed by atoms with Crippen LogP contribution in [0.4, 0.5) is 0 Å². The molecule has 2 aromatic carbocycles. The number of hydrogen-bond donors (Lipinski definition) is 0. The first kappa shape index (κ1) is 29.3. The number of aromatic nitrogens is 2. The summed E-state index contributed by atoms with van der Waals surface area (Å²) in [6.45, 7) is 16.3. The fourth-order valence-electron chi connectivity index (χ4n) is 5.67. The molecule has 0 amide bonds. The van der Waals surface area contributed by atoms with Gasteiger partial charge in [0, 0.05) is 11.4 Å². The van der Waals surface area contributed by atoms with Crippen LogP contribution in [0, 0.1) is 27.7 Å². The summed E-state index contributed by atoms with van der Waals surface area (Å²) in [6, 6.07) is 15.2. The zero-order valence-electron chi connectivity index (χ0n) is 25.4. The average Bonchev–Trinajstić information content (AvgIpc) is 3.38. The fraction of sp³-hybridized carbons (Fsp3) is 0.324. The Kier molecular flexibility index (Phi) is 8.10. The van der Waals surface area contributed by atoms with Crippen molar-refractivity contribution in [3.63, 3.8) is 0 Å². The summed E-state index contributed by atoms with van der Waals surface area (Å²) in [5.41, 5.74) is 8.13. The molecule has 0 fully saturated rings. The molecule has 3 heterocycles. The van der Waals surface area contributed by atoms with Gasteiger partial charge in [0.1, 0.15) is 5.75 Å². The number of thiazole rings is 1. The van der Waals surface area contributed by atoms with Gasteiger partial charge in [-0.25, -0.2) is 9.79 Å². The first-order valence-corrected chi connectivity index (χ1v) is 15.0. The van der Waals surface area contributed by atoms with E-state index >= 15 is 0 Å². The normalized spacial score (nSPS) is 15.2. The zero-order chi connectivity index (χ0) is 30.3. The number of esters is 1. The summed E-state index contributed by atoms with van der Waals surface area (Å²) in [6.07, 6.45) is 1.63. The Bertz CT molecular complexity index is 1870. The van der Waals surface area contributed by atoms with Crippen LogP contribution < -0.4 is 19.6 Å². The van der Waals surface area contributed by atoms with E-state index < -0.39 is 12.0 Å². The van der Waals surface area contributed by atoms with Crippen molar-refractivity contribution in [3.8, 4) is 11.4 Å². The Morgan fingerprint density at radius 1 is 1.05 bits per heavy atom. The molecule has 1 aliphatic rings. The number of nitrogens with zero attached hydrogens (tertiary/aromatic N) is 3. The lowest BCUT2D eigenvalue weighted by molar-refractivity contribution is -0.143. The fourth-order valence-corrected chi connectivity index (χ4v) is 6.70. The van der Waals surface area contributed by atoms with Gasteiger partial charge < -0.3 is 14.0 Å². The first-order chi connectivity index (χ1) is 20.0. The van der Waals surface area contributed by atoms with Gasteiger partial charge >= 0.3 is 5.97 Å². The molecular formula is C34H37N3O4S. The maximum Gasteiger partial charge on any atom is 0.338 e. The second-order valence-corrected chi connectivity index (χ2v) is 11.9. The van der Waals surface area contributed by atoms with Crippen molar-refractivity contribution in [1.29, 1.82) is 0 Å². The molecule has 5 rings (SSSR count). The van der Waals surface area contributed by atoms with E-state index in [0.717, 1.165) is 34.0 Å². The van der Waals surface area contributed by atoms with Gasteiger partial charge in [0.25, 0.3) is 5.56 Å². The minimum atomic E-state index is -0.674. The van der Waals surface area contributed by atoms with E-state index in [1.807, 2.05) is 51.1 Å². The number of carbonyl (C=O) groups is 1. The molecule has 2 aromatic heterocycles. The van der Waals surface area contributed by atoms with Gasteiger partial charge in [0.2, 0.25) is 0 Å².